The van der Waals surface area contributed by atoms with Crippen LogP contribution in [0.4, 0.5) is 0 Å². The summed E-state index contributed by atoms with van der Waals surface area (Å²) in [6.07, 6.45) is 0. The van der Waals surface area contributed by atoms with Crippen LogP contribution in [0.25, 0.3) is 0 Å². The molecule has 0 N–H and O–H groups in total. The SMILES string of the molecule is Bc1cc(C(C)C)ccc1C(C)(C)C. The first-order chi connectivity index (χ1) is 6.32. The molecular weight excluding hydrogens is 167 g/mol. The van der Waals surface area contributed by atoms with Gasteiger partial charge in [-0.05, 0) is 22.5 Å². The van der Waals surface area contributed by atoms with Crippen molar-refractivity contribution in [3.63, 3.8) is 0 Å². The second-order valence-electron chi connectivity index (χ2n) is 5.48. The third kappa shape index (κ3) is 2.40. The lowest BCUT2D eigenvalue weighted by molar-refractivity contribution is 0.593. The van der Waals surface area contributed by atoms with Crippen LogP contribution in [-0.4, -0.2) is 7.85 Å². The highest BCUT2D eigenvalue weighted by molar-refractivity contribution is 6.33. The van der Waals surface area contributed by atoms with E-state index in [1.807, 2.05) is 0 Å². The molecule has 0 heterocycles. The maximum absolute atomic E-state index is 2.32. The summed E-state index contributed by atoms with van der Waals surface area (Å²) in [5, 5.41) is 0. The lowest BCUT2D eigenvalue weighted by Crippen LogP contribution is -2.23. The lowest BCUT2D eigenvalue weighted by Gasteiger charge is -2.23. The monoisotopic (exact) mass is 188 g/mol. The van der Waals surface area contributed by atoms with Gasteiger partial charge in [0.25, 0.3) is 0 Å². The highest BCUT2D eigenvalue weighted by Crippen LogP contribution is 2.22. The molecule has 1 aromatic rings. The van der Waals surface area contributed by atoms with Crippen molar-refractivity contribution in [2.24, 2.45) is 0 Å². The highest BCUT2D eigenvalue weighted by Gasteiger charge is 2.16. The summed E-state index contributed by atoms with van der Waals surface area (Å²) in [6.45, 7) is 11.3. The van der Waals surface area contributed by atoms with Crippen molar-refractivity contribution >= 4 is 13.3 Å². The van der Waals surface area contributed by atoms with Crippen LogP contribution < -0.4 is 5.46 Å². The van der Waals surface area contributed by atoms with Gasteiger partial charge in [-0.3, -0.25) is 0 Å². The predicted molar refractivity (Wildman–Crippen MR) is 67.4 cm³/mol. The Morgan fingerprint density at radius 1 is 1.14 bits per heavy atom. The zero-order valence-electron chi connectivity index (χ0n) is 10.3. The number of rotatable bonds is 1. The Labute approximate surface area is 89.1 Å². The normalized spacial score (nSPS) is 12.1. The number of hydrogen-bond donors (Lipinski definition) is 0. The molecule has 0 aliphatic rings. The Morgan fingerprint density at radius 2 is 1.71 bits per heavy atom. The van der Waals surface area contributed by atoms with Gasteiger partial charge in [0.2, 0.25) is 0 Å². The molecule has 1 rings (SSSR count). The van der Waals surface area contributed by atoms with E-state index in [1.165, 1.54) is 16.6 Å². The van der Waals surface area contributed by atoms with Gasteiger partial charge in [0.1, 0.15) is 7.85 Å². The van der Waals surface area contributed by atoms with Crippen LogP contribution in [0.3, 0.4) is 0 Å². The number of benzene rings is 1. The van der Waals surface area contributed by atoms with Crippen LogP contribution in [0.2, 0.25) is 0 Å². The second kappa shape index (κ2) is 3.80. The molecule has 0 radical (unpaired) electrons. The minimum atomic E-state index is 0.263. The Kier molecular flexibility index (Phi) is 3.09. The summed E-state index contributed by atoms with van der Waals surface area (Å²) in [5.74, 6) is 0.628. The van der Waals surface area contributed by atoms with Crippen molar-refractivity contribution < 1.29 is 0 Å². The van der Waals surface area contributed by atoms with Crippen LogP contribution >= 0.6 is 0 Å². The Hall–Kier alpha value is -0.715. The molecule has 0 fully saturated rings. The van der Waals surface area contributed by atoms with E-state index in [1.54, 1.807) is 0 Å². The van der Waals surface area contributed by atoms with Gasteiger partial charge in [0, 0.05) is 0 Å². The Balaban J connectivity index is 3.15. The first-order valence-corrected chi connectivity index (χ1v) is 5.43. The summed E-state index contributed by atoms with van der Waals surface area (Å²) < 4.78 is 0. The van der Waals surface area contributed by atoms with Crippen LogP contribution in [0, 0.1) is 0 Å². The Bertz CT molecular complexity index is 318. The number of hydrogen-bond acceptors (Lipinski definition) is 0. The summed E-state index contributed by atoms with van der Waals surface area (Å²) in [7, 11) is 2.21. The van der Waals surface area contributed by atoms with Gasteiger partial charge >= 0.3 is 0 Å². The van der Waals surface area contributed by atoms with E-state index < -0.39 is 0 Å². The molecule has 0 aliphatic carbocycles. The minimum Gasteiger partial charge on any atom is -0.0850 e. The molecule has 0 nitrogen and oxygen atoms in total. The largest absolute Gasteiger partial charge is 0.139 e. The van der Waals surface area contributed by atoms with Gasteiger partial charge in [-0.25, -0.2) is 0 Å². The standard InChI is InChI=1S/C13H21B/c1-9(2)10-6-7-11(12(14)8-10)13(3,4)5/h6-9H,14H2,1-5H3. The molecule has 1 heteroatoms. The molecule has 0 atom stereocenters. The fourth-order valence-corrected chi connectivity index (χ4v) is 1.89. The zero-order chi connectivity index (χ0) is 10.9. The van der Waals surface area contributed by atoms with Crippen LogP contribution in [-0.2, 0) is 5.41 Å². The molecule has 0 unspecified atom stereocenters. The summed E-state index contributed by atoms with van der Waals surface area (Å²) >= 11 is 0. The summed E-state index contributed by atoms with van der Waals surface area (Å²) in [5.41, 5.74) is 4.58. The van der Waals surface area contributed by atoms with Gasteiger partial charge in [0.15, 0.2) is 0 Å². The molecular formula is C13H21B. The van der Waals surface area contributed by atoms with Crippen LogP contribution in [0.15, 0.2) is 18.2 Å². The van der Waals surface area contributed by atoms with Crippen molar-refractivity contribution in [3.8, 4) is 0 Å². The van der Waals surface area contributed by atoms with E-state index in [-0.39, 0.29) is 5.41 Å². The first kappa shape index (κ1) is 11.4. The van der Waals surface area contributed by atoms with E-state index in [9.17, 15) is 0 Å². The molecule has 0 aromatic heterocycles. The molecule has 0 amide bonds. The molecule has 0 saturated heterocycles. The van der Waals surface area contributed by atoms with Crippen molar-refractivity contribution in [1.29, 1.82) is 0 Å². The van der Waals surface area contributed by atoms with Crippen molar-refractivity contribution in [2.75, 3.05) is 0 Å². The summed E-state index contributed by atoms with van der Waals surface area (Å²) in [4.78, 5) is 0. The zero-order valence-corrected chi connectivity index (χ0v) is 10.3. The highest BCUT2D eigenvalue weighted by atomic mass is 14.2. The molecule has 0 bridgehead atoms. The van der Waals surface area contributed by atoms with E-state index in [0.29, 0.717) is 5.92 Å². The Morgan fingerprint density at radius 3 is 2.07 bits per heavy atom. The molecule has 0 aliphatic heterocycles. The molecule has 1 aromatic carbocycles. The smallest absolute Gasteiger partial charge is 0.0850 e. The van der Waals surface area contributed by atoms with Crippen molar-refractivity contribution in [1.82, 2.24) is 0 Å². The van der Waals surface area contributed by atoms with Gasteiger partial charge in [-0.15, -0.1) is 0 Å². The van der Waals surface area contributed by atoms with Crippen LogP contribution in [0.5, 0.6) is 0 Å². The first-order valence-electron chi connectivity index (χ1n) is 5.43. The van der Waals surface area contributed by atoms with E-state index in [2.05, 4.69) is 60.7 Å². The van der Waals surface area contributed by atoms with Crippen molar-refractivity contribution in [2.45, 2.75) is 46.0 Å². The van der Waals surface area contributed by atoms with Gasteiger partial charge in [-0.2, -0.15) is 0 Å². The predicted octanol–water partition coefficient (Wildman–Crippen LogP) is 2.37. The average molecular weight is 188 g/mol. The molecule has 0 saturated carbocycles. The molecule has 76 valence electrons. The van der Waals surface area contributed by atoms with E-state index >= 15 is 0 Å². The fraction of sp³-hybridized carbons (Fsp3) is 0.538. The minimum absolute atomic E-state index is 0.263. The third-order valence-corrected chi connectivity index (χ3v) is 2.73. The maximum Gasteiger partial charge on any atom is 0.139 e. The average Bonchev–Trinajstić information content (AvgIpc) is 2.01. The fourth-order valence-electron chi connectivity index (χ4n) is 1.89. The van der Waals surface area contributed by atoms with Gasteiger partial charge in [-0.1, -0.05) is 58.3 Å². The van der Waals surface area contributed by atoms with E-state index in [0.717, 1.165) is 0 Å². The molecule has 0 spiro atoms. The molecule has 14 heavy (non-hydrogen) atoms. The van der Waals surface area contributed by atoms with Gasteiger partial charge in [0.05, 0.1) is 0 Å². The van der Waals surface area contributed by atoms with E-state index in [4.69, 9.17) is 0 Å². The summed E-state index contributed by atoms with van der Waals surface area (Å²) in [6, 6.07) is 6.87. The lowest BCUT2D eigenvalue weighted by atomic mass is 9.76. The topological polar surface area (TPSA) is 0 Å². The van der Waals surface area contributed by atoms with Crippen molar-refractivity contribution in [3.05, 3.63) is 29.3 Å². The quantitative estimate of drug-likeness (QED) is 0.593. The second-order valence-corrected chi connectivity index (χ2v) is 5.48. The van der Waals surface area contributed by atoms with Crippen LogP contribution in [0.1, 0.15) is 51.7 Å². The third-order valence-electron chi connectivity index (χ3n) is 2.73. The van der Waals surface area contributed by atoms with Gasteiger partial charge < -0.3 is 0 Å². The maximum atomic E-state index is 2.32.